The molecule has 81 heavy (non-hydrogen) atoms. The Morgan fingerprint density at radius 2 is 0.802 bits per heavy atom. The van der Waals surface area contributed by atoms with E-state index >= 15 is 0 Å². The predicted molar refractivity (Wildman–Crippen MR) is 330 cm³/mol. The van der Waals surface area contributed by atoms with Crippen LogP contribution in [0.5, 0.6) is 0 Å². The summed E-state index contributed by atoms with van der Waals surface area (Å²) in [6.07, 6.45) is 63.6. The van der Waals surface area contributed by atoms with Gasteiger partial charge in [0.2, 0.25) is 0 Å². The maximum Gasteiger partial charge on any atom is 0.335 e. The summed E-state index contributed by atoms with van der Waals surface area (Å²) < 4.78 is 28.4. The lowest BCUT2D eigenvalue weighted by Crippen LogP contribution is -2.61. The van der Waals surface area contributed by atoms with Gasteiger partial charge in [0.05, 0.1) is 6.61 Å². The van der Waals surface area contributed by atoms with Gasteiger partial charge in [0.25, 0.3) is 0 Å². The zero-order chi connectivity index (χ0) is 58.9. The summed E-state index contributed by atoms with van der Waals surface area (Å²) in [4.78, 5) is 51.2. The summed E-state index contributed by atoms with van der Waals surface area (Å²) in [5.74, 6) is -3.27. The number of rotatable bonds is 53. The van der Waals surface area contributed by atoms with Gasteiger partial charge in [0, 0.05) is 19.3 Å². The molecule has 1 aliphatic rings. The quantitative estimate of drug-likeness (QED) is 0.0228. The molecular weight excluding hydrogens is 1020 g/mol. The van der Waals surface area contributed by atoms with E-state index in [1.165, 1.54) is 89.9 Å². The average Bonchev–Trinajstić information content (AvgIpc) is 3.45. The van der Waals surface area contributed by atoms with Crippen molar-refractivity contribution < 1.29 is 58.2 Å². The maximum atomic E-state index is 13.1. The molecule has 1 heterocycles. The lowest BCUT2D eigenvalue weighted by Gasteiger charge is -2.40. The number of allylic oxidation sites excluding steroid dienone is 18. The van der Waals surface area contributed by atoms with Crippen LogP contribution in [0.4, 0.5) is 0 Å². The summed E-state index contributed by atoms with van der Waals surface area (Å²) in [6.45, 7) is 5.69. The van der Waals surface area contributed by atoms with Crippen molar-refractivity contribution >= 4 is 23.9 Å². The van der Waals surface area contributed by atoms with Gasteiger partial charge in [-0.2, -0.15) is 0 Å². The Morgan fingerprint density at radius 1 is 0.420 bits per heavy atom. The number of aliphatic carboxylic acids is 1. The zero-order valence-corrected chi connectivity index (χ0v) is 50.7. The van der Waals surface area contributed by atoms with Crippen molar-refractivity contribution in [3.8, 4) is 0 Å². The van der Waals surface area contributed by atoms with E-state index in [4.69, 9.17) is 23.7 Å². The fraction of sp³-hybridized carbons (Fsp3) is 0.681. The molecule has 0 radical (unpaired) electrons. The van der Waals surface area contributed by atoms with Gasteiger partial charge in [-0.3, -0.25) is 14.4 Å². The number of carboxylic acid groups (broad SMARTS) is 1. The molecule has 1 fully saturated rings. The van der Waals surface area contributed by atoms with E-state index in [2.05, 4.69) is 118 Å². The molecule has 1 saturated heterocycles. The molecule has 12 heteroatoms. The highest BCUT2D eigenvalue weighted by Gasteiger charge is 2.50. The Morgan fingerprint density at radius 3 is 1.23 bits per heavy atom. The summed E-state index contributed by atoms with van der Waals surface area (Å²) in [6, 6.07) is 0. The van der Waals surface area contributed by atoms with Crippen LogP contribution in [0.2, 0.25) is 0 Å². The Kier molecular flexibility index (Phi) is 51.3. The number of aliphatic hydroxyl groups is 2. The minimum Gasteiger partial charge on any atom is -0.479 e. The second-order valence-electron chi connectivity index (χ2n) is 21.3. The molecule has 6 atom stereocenters. The number of carbonyl (C=O) groups is 4. The topological polar surface area (TPSA) is 175 Å². The number of hydrogen-bond acceptors (Lipinski definition) is 11. The van der Waals surface area contributed by atoms with E-state index in [0.717, 1.165) is 96.3 Å². The first-order valence-corrected chi connectivity index (χ1v) is 31.9. The molecule has 6 unspecified atom stereocenters. The lowest BCUT2D eigenvalue weighted by atomic mass is 9.98. The van der Waals surface area contributed by atoms with E-state index in [1.54, 1.807) is 0 Å². The van der Waals surface area contributed by atoms with Gasteiger partial charge in [0.15, 0.2) is 24.6 Å². The lowest BCUT2D eigenvalue weighted by molar-refractivity contribution is -0.301. The molecule has 3 N–H and O–H groups in total. The molecule has 0 aromatic rings. The van der Waals surface area contributed by atoms with E-state index in [9.17, 15) is 34.5 Å². The van der Waals surface area contributed by atoms with Crippen molar-refractivity contribution in [2.45, 2.75) is 289 Å². The van der Waals surface area contributed by atoms with Crippen molar-refractivity contribution in [1.82, 2.24) is 0 Å². The van der Waals surface area contributed by atoms with Gasteiger partial charge in [-0.15, -0.1) is 0 Å². The second kappa shape index (κ2) is 55.9. The highest BCUT2D eigenvalue weighted by molar-refractivity contribution is 5.74. The highest BCUT2D eigenvalue weighted by Crippen LogP contribution is 2.26. The van der Waals surface area contributed by atoms with Crippen LogP contribution in [0.15, 0.2) is 109 Å². The third-order valence-corrected chi connectivity index (χ3v) is 13.9. The smallest absolute Gasteiger partial charge is 0.335 e. The average molecular weight is 1130 g/mol. The number of aliphatic hydroxyl groups excluding tert-OH is 2. The molecular formula is C69H112O12. The van der Waals surface area contributed by atoms with E-state index in [-0.39, 0.29) is 25.9 Å². The molecule has 0 saturated carbocycles. The Bertz CT molecular complexity index is 1820. The summed E-state index contributed by atoms with van der Waals surface area (Å²) in [5.41, 5.74) is 0. The number of carboxylic acids is 1. The number of esters is 3. The number of ether oxygens (including phenoxy) is 5. The third-order valence-electron chi connectivity index (χ3n) is 13.9. The van der Waals surface area contributed by atoms with E-state index in [1.807, 2.05) is 12.2 Å². The SMILES string of the molecule is CC/C=C\C/C=C\C/C=C\C/C=C\C/C=C\CCCCCC(=O)OCC(COC1OC(C(=O)O)C(O)C(O)C1OC(=O)CCCCCCCCCCCCCCCCCCCCC)OC(=O)CC/C=C\C/C=C\C/C=C\C/C=C\CC. The normalized spacial score (nSPS) is 18.5. The molecule has 1 aliphatic heterocycles. The first kappa shape index (κ1) is 74.4. The van der Waals surface area contributed by atoms with Gasteiger partial charge in [-0.05, 0) is 89.9 Å². The van der Waals surface area contributed by atoms with Crippen LogP contribution in [0, 0.1) is 0 Å². The Balaban J connectivity index is 2.69. The van der Waals surface area contributed by atoms with E-state index in [0.29, 0.717) is 25.7 Å². The monoisotopic (exact) mass is 1130 g/mol. The fourth-order valence-corrected chi connectivity index (χ4v) is 9.06. The predicted octanol–water partition coefficient (Wildman–Crippen LogP) is 17.0. The highest BCUT2D eigenvalue weighted by atomic mass is 16.7. The molecule has 1 rings (SSSR count). The van der Waals surface area contributed by atoms with Crippen LogP contribution in [0.3, 0.4) is 0 Å². The second-order valence-corrected chi connectivity index (χ2v) is 21.3. The first-order valence-electron chi connectivity index (χ1n) is 31.9. The van der Waals surface area contributed by atoms with Crippen LogP contribution in [0.25, 0.3) is 0 Å². The molecule has 0 aromatic carbocycles. The number of unbranched alkanes of at least 4 members (excludes halogenated alkanes) is 21. The minimum atomic E-state index is -1.92. The van der Waals surface area contributed by atoms with Crippen LogP contribution >= 0.6 is 0 Å². The van der Waals surface area contributed by atoms with Gasteiger partial charge in [-0.1, -0.05) is 252 Å². The zero-order valence-electron chi connectivity index (χ0n) is 50.7. The number of hydrogen-bond donors (Lipinski definition) is 3. The minimum absolute atomic E-state index is 0.0300. The Hall–Kier alpha value is -4.62. The van der Waals surface area contributed by atoms with Gasteiger partial charge in [-0.25, -0.2) is 4.79 Å². The van der Waals surface area contributed by atoms with Crippen molar-refractivity contribution in [2.24, 2.45) is 0 Å². The third kappa shape index (κ3) is 45.6. The summed E-state index contributed by atoms with van der Waals surface area (Å²) in [5, 5.41) is 31.6. The van der Waals surface area contributed by atoms with Gasteiger partial charge < -0.3 is 39.0 Å². The fourth-order valence-electron chi connectivity index (χ4n) is 9.06. The molecule has 0 aliphatic carbocycles. The van der Waals surface area contributed by atoms with Crippen molar-refractivity contribution in [3.05, 3.63) is 109 Å². The van der Waals surface area contributed by atoms with Crippen molar-refractivity contribution in [2.75, 3.05) is 13.2 Å². The van der Waals surface area contributed by atoms with Crippen LogP contribution in [0.1, 0.15) is 252 Å². The molecule has 0 spiro atoms. The Labute approximate surface area is 491 Å². The van der Waals surface area contributed by atoms with Gasteiger partial charge in [0.1, 0.15) is 18.8 Å². The number of carbonyl (C=O) groups excluding carboxylic acids is 3. The van der Waals surface area contributed by atoms with Crippen LogP contribution < -0.4 is 0 Å². The van der Waals surface area contributed by atoms with Gasteiger partial charge >= 0.3 is 23.9 Å². The van der Waals surface area contributed by atoms with Crippen LogP contribution in [-0.2, 0) is 42.9 Å². The van der Waals surface area contributed by atoms with E-state index < -0.39 is 67.3 Å². The summed E-state index contributed by atoms with van der Waals surface area (Å²) >= 11 is 0. The molecule has 0 amide bonds. The maximum absolute atomic E-state index is 13.1. The largest absolute Gasteiger partial charge is 0.479 e. The van der Waals surface area contributed by atoms with Crippen molar-refractivity contribution in [1.29, 1.82) is 0 Å². The standard InChI is InChI=1S/C69H112O12/c1-4-7-10-13-16-19-22-25-27-29-31-33-35-38-40-43-46-49-52-55-61(70)77-58-60(79-62(71)56-53-50-47-44-41-37-24-21-18-15-12-9-6-3)59-78-69-67(65(74)64(73)66(81-69)68(75)76)80-63(72)57-54-51-48-45-42-39-36-34-32-30-28-26-23-20-17-14-11-8-5-2/h7,9-10,12,16,18-19,21,25,27,31,33,37-38,40-41,47,50,60,64-67,69,73-74H,4-6,8,11,13-15,17,20,22-24,26,28-30,32,34-36,39,42-46,48-49,51-59H2,1-3H3,(H,75,76)/b10-7-,12-9-,19-16-,21-18-,27-25-,33-31-,40-38-,41-37-,50-47-. The molecule has 460 valence electrons. The molecule has 12 nitrogen and oxygen atoms in total. The van der Waals surface area contributed by atoms with Crippen molar-refractivity contribution in [3.63, 3.8) is 0 Å². The first-order chi connectivity index (χ1) is 39.6. The molecule has 0 bridgehead atoms. The summed E-state index contributed by atoms with van der Waals surface area (Å²) in [7, 11) is 0. The molecule has 0 aromatic heterocycles. The van der Waals surface area contributed by atoms with Crippen LogP contribution in [-0.4, -0.2) is 89.2 Å².